The van der Waals surface area contributed by atoms with Crippen LogP contribution in [-0.4, -0.2) is 29.2 Å². The van der Waals surface area contributed by atoms with E-state index in [0.717, 1.165) is 32.1 Å². The molecule has 20 heavy (non-hydrogen) atoms. The lowest BCUT2D eigenvalue weighted by Crippen LogP contribution is -2.51. The van der Waals surface area contributed by atoms with Crippen LogP contribution in [0.4, 0.5) is 4.79 Å². The molecule has 6 heteroatoms. The van der Waals surface area contributed by atoms with Crippen molar-refractivity contribution in [3.05, 3.63) is 22.4 Å². The van der Waals surface area contributed by atoms with E-state index in [2.05, 4.69) is 10.6 Å². The molecule has 1 heterocycles. The van der Waals surface area contributed by atoms with Crippen LogP contribution in [0, 0.1) is 0 Å². The number of rotatable bonds is 6. The van der Waals surface area contributed by atoms with Gasteiger partial charge in [-0.3, -0.25) is 4.79 Å². The van der Waals surface area contributed by atoms with Crippen LogP contribution < -0.4 is 10.6 Å². The lowest BCUT2D eigenvalue weighted by Gasteiger charge is -2.28. The van der Waals surface area contributed by atoms with Gasteiger partial charge >= 0.3 is 12.0 Å². The summed E-state index contributed by atoms with van der Waals surface area (Å²) in [6, 6.07) is 3.76. The van der Waals surface area contributed by atoms with Gasteiger partial charge in [0.05, 0.1) is 12.0 Å². The molecule has 1 fully saturated rings. The molecule has 1 saturated carbocycles. The molecule has 2 amide bonds. The minimum absolute atomic E-state index is 0.00530. The first kappa shape index (κ1) is 14.8. The number of thiophene rings is 1. The Hall–Kier alpha value is -1.56. The van der Waals surface area contributed by atoms with E-state index in [1.54, 1.807) is 11.3 Å². The number of carboxylic acid groups (broad SMARTS) is 1. The van der Waals surface area contributed by atoms with E-state index in [1.807, 2.05) is 17.5 Å². The number of amides is 2. The van der Waals surface area contributed by atoms with E-state index in [9.17, 15) is 9.59 Å². The largest absolute Gasteiger partial charge is 0.481 e. The van der Waals surface area contributed by atoms with Crippen molar-refractivity contribution in [1.29, 1.82) is 0 Å². The van der Waals surface area contributed by atoms with Crippen LogP contribution >= 0.6 is 11.3 Å². The summed E-state index contributed by atoms with van der Waals surface area (Å²) in [5.41, 5.74) is -0.557. The maximum absolute atomic E-state index is 11.9. The summed E-state index contributed by atoms with van der Waals surface area (Å²) >= 11 is 1.67. The van der Waals surface area contributed by atoms with Crippen molar-refractivity contribution in [1.82, 2.24) is 10.6 Å². The first-order valence-electron chi connectivity index (χ1n) is 6.90. The highest BCUT2D eigenvalue weighted by atomic mass is 32.1. The summed E-state index contributed by atoms with van der Waals surface area (Å²) in [6.07, 6.45) is 4.25. The molecular formula is C14H20N2O3S. The van der Waals surface area contributed by atoms with Crippen molar-refractivity contribution in [2.75, 3.05) is 6.54 Å². The minimum atomic E-state index is -0.856. The van der Waals surface area contributed by atoms with E-state index < -0.39 is 11.5 Å². The van der Waals surface area contributed by atoms with Crippen LogP contribution in [0.3, 0.4) is 0 Å². The first-order valence-corrected chi connectivity index (χ1v) is 7.78. The minimum Gasteiger partial charge on any atom is -0.481 e. The zero-order chi connectivity index (χ0) is 14.4. The summed E-state index contributed by atoms with van der Waals surface area (Å²) in [6.45, 7) is 0.565. The van der Waals surface area contributed by atoms with Crippen LogP contribution in [0.1, 0.15) is 37.0 Å². The first-order chi connectivity index (χ1) is 9.60. The number of nitrogens with one attached hydrogen (secondary N) is 2. The van der Waals surface area contributed by atoms with Crippen LogP contribution in [0.25, 0.3) is 0 Å². The van der Waals surface area contributed by atoms with Gasteiger partial charge in [0.1, 0.15) is 0 Å². The highest BCUT2D eigenvalue weighted by Gasteiger charge is 2.37. The Balaban J connectivity index is 1.78. The van der Waals surface area contributed by atoms with Gasteiger partial charge in [-0.05, 0) is 30.7 Å². The zero-order valence-corrected chi connectivity index (χ0v) is 12.2. The molecule has 0 aromatic carbocycles. The summed E-state index contributed by atoms with van der Waals surface area (Å²) in [4.78, 5) is 24.1. The highest BCUT2D eigenvalue weighted by molar-refractivity contribution is 7.09. The molecule has 1 aliphatic rings. The molecule has 1 aromatic heterocycles. The SMILES string of the molecule is O=C(O)CC1(NC(=O)NCCc2cccs2)CCCC1. The number of urea groups is 1. The fourth-order valence-corrected chi connectivity index (χ4v) is 3.44. The molecule has 0 aliphatic heterocycles. The third-order valence-corrected chi connectivity index (χ3v) is 4.60. The second kappa shape index (κ2) is 6.74. The molecule has 0 atom stereocenters. The number of carboxylic acids is 1. The maximum atomic E-state index is 11.9. The van der Waals surface area contributed by atoms with Gasteiger partial charge in [-0.2, -0.15) is 0 Å². The van der Waals surface area contributed by atoms with Gasteiger partial charge in [0, 0.05) is 11.4 Å². The van der Waals surface area contributed by atoms with Crippen LogP contribution in [0.2, 0.25) is 0 Å². The Kier molecular flexibility index (Phi) is 5.00. The van der Waals surface area contributed by atoms with Gasteiger partial charge in [0.25, 0.3) is 0 Å². The Morgan fingerprint density at radius 1 is 1.35 bits per heavy atom. The molecule has 0 bridgehead atoms. The Morgan fingerprint density at radius 3 is 2.70 bits per heavy atom. The normalized spacial score (nSPS) is 16.8. The summed E-state index contributed by atoms with van der Waals surface area (Å²) < 4.78 is 0. The predicted octanol–water partition coefficient (Wildman–Crippen LogP) is 2.38. The molecule has 0 saturated heterocycles. The van der Waals surface area contributed by atoms with Crippen molar-refractivity contribution in [3.8, 4) is 0 Å². The Labute approximate surface area is 122 Å². The molecule has 0 unspecified atom stereocenters. The maximum Gasteiger partial charge on any atom is 0.315 e. The van der Waals surface area contributed by atoms with E-state index in [-0.39, 0.29) is 12.5 Å². The number of carbonyl (C=O) groups is 2. The van der Waals surface area contributed by atoms with E-state index in [0.29, 0.717) is 6.54 Å². The fraction of sp³-hybridized carbons (Fsp3) is 0.571. The van der Waals surface area contributed by atoms with Gasteiger partial charge in [-0.25, -0.2) is 4.79 Å². The lowest BCUT2D eigenvalue weighted by molar-refractivity contribution is -0.138. The standard InChI is InChI=1S/C14H20N2O3S/c17-12(18)10-14(6-1-2-7-14)16-13(19)15-8-5-11-4-3-9-20-11/h3-4,9H,1-2,5-8,10H2,(H,17,18)(H2,15,16,19). The third kappa shape index (κ3) is 4.23. The topological polar surface area (TPSA) is 78.4 Å². The molecule has 2 rings (SSSR count). The second-order valence-electron chi connectivity index (χ2n) is 5.27. The molecule has 1 aliphatic carbocycles. The third-order valence-electron chi connectivity index (χ3n) is 3.67. The number of hydrogen-bond acceptors (Lipinski definition) is 3. The van der Waals surface area contributed by atoms with Crippen molar-refractivity contribution >= 4 is 23.3 Å². The van der Waals surface area contributed by atoms with E-state index in [1.165, 1.54) is 4.88 Å². The molecule has 0 radical (unpaired) electrons. The zero-order valence-electron chi connectivity index (χ0n) is 11.4. The van der Waals surface area contributed by atoms with E-state index >= 15 is 0 Å². The average molecular weight is 296 g/mol. The monoisotopic (exact) mass is 296 g/mol. The van der Waals surface area contributed by atoms with Crippen LogP contribution in [0.15, 0.2) is 17.5 Å². The van der Waals surface area contributed by atoms with Gasteiger partial charge in [-0.1, -0.05) is 18.9 Å². The molecular weight excluding hydrogens is 276 g/mol. The summed E-state index contributed by atoms with van der Waals surface area (Å²) in [7, 11) is 0. The Bertz CT molecular complexity index is 453. The number of carbonyl (C=O) groups excluding carboxylic acids is 1. The number of hydrogen-bond donors (Lipinski definition) is 3. The van der Waals surface area contributed by atoms with Crippen molar-refractivity contribution < 1.29 is 14.7 Å². The van der Waals surface area contributed by atoms with Gasteiger partial charge in [0.2, 0.25) is 0 Å². The van der Waals surface area contributed by atoms with Gasteiger partial charge in [0.15, 0.2) is 0 Å². The summed E-state index contributed by atoms with van der Waals surface area (Å²) in [5, 5.41) is 16.7. The molecule has 3 N–H and O–H groups in total. The smallest absolute Gasteiger partial charge is 0.315 e. The van der Waals surface area contributed by atoms with E-state index in [4.69, 9.17) is 5.11 Å². The molecule has 5 nitrogen and oxygen atoms in total. The Morgan fingerprint density at radius 2 is 2.10 bits per heavy atom. The van der Waals surface area contributed by atoms with Crippen LogP contribution in [0.5, 0.6) is 0 Å². The molecule has 110 valence electrons. The second-order valence-corrected chi connectivity index (χ2v) is 6.30. The van der Waals surface area contributed by atoms with Gasteiger partial charge < -0.3 is 15.7 Å². The quantitative estimate of drug-likeness (QED) is 0.754. The highest BCUT2D eigenvalue weighted by Crippen LogP contribution is 2.32. The van der Waals surface area contributed by atoms with Crippen LogP contribution in [-0.2, 0) is 11.2 Å². The number of aliphatic carboxylic acids is 1. The predicted molar refractivity (Wildman–Crippen MR) is 78.0 cm³/mol. The van der Waals surface area contributed by atoms with Crippen molar-refractivity contribution in [2.45, 2.75) is 44.1 Å². The molecule has 0 spiro atoms. The van der Waals surface area contributed by atoms with Gasteiger partial charge in [-0.15, -0.1) is 11.3 Å². The lowest BCUT2D eigenvalue weighted by atomic mass is 9.93. The molecule has 1 aromatic rings. The fourth-order valence-electron chi connectivity index (χ4n) is 2.73. The average Bonchev–Trinajstić information content (AvgIpc) is 3.00. The summed E-state index contributed by atoms with van der Waals surface area (Å²) in [5.74, 6) is -0.856. The van der Waals surface area contributed by atoms with Crippen molar-refractivity contribution in [3.63, 3.8) is 0 Å². The van der Waals surface area contributed by atoms with Crippen molar-refractivity contribution in [2.24, 2.45) is 0 Å².